The third-order valence-corrected chi connectivity index (χ3v) is 8.32. The Hall–Kier alpha value is -4.35. The molecule has 0 aliphatic carbocycles. The summed E-state index contributed by atoms with van der Waals surface area (Å²) in [4.78, 5) is 23.7. The number of imidazole rings is 1. The molecule has 0 spiro atoms. The van der Waals surface area contributed by atoms with Crippen LogP contribution in [0.3, 0.4) is 0 Å². The third kappa shape index (κ3) is 6.44. The third-order valence-electron chi connectivity index (χ3n) is 8.08. The lowest BCUT2D eigenvalue weighted by Crippen LogP contribution is -2.33. The lowest BCUT2D eigenvalue weighted by atomic mass is 9.93. The van der Waals surface area contributed by atoms with E-state index < -0.39 is 11.8 Å². The molecule has 10 nitrogen and oxygen atoms in total. The van der Waals surface area contributed by atoms with Gasteiger partial charge in [-0.3, -0.25) is 4.90 Å². The largest absolute Gasteiger partial charge is 0.478 e. The average molecular weight is 618 g/mol. The molecular formula is C32H33ClFN7O3. The summed E-state index contributed by atoms with van der Waals surface area (Å²) in [7, 11) is 0. The van der Waals surface area contributed by atoms with Crippen LogP contribution in [-0.4, -0.2) is 58.4 Å². The minimum Gasteiger partial charge on any atom is -0.478 e. The number of carbonyl (C=O) groups is 1. The first kappa shape index (κ1) is 29.7. The van der Waals surface area contributed by atoms with Crippen molar-refractivity contribution >= 4 is 28.6 Å². The van der Waals surface area contributed by atoms with Gasteiger partial charge in [-0.1, -0.05) is 23.7 Å². The number of hydrogen-bond donors (Lipinski definition) is 1. The summed E-state index contributed by atoms with van der Waals surface area (Å²) in [6, 6.07) is 15.5. The Morgan fingerprint density at radius 3 is 2.64 bits per heavy atom. The van der Waals surface area contributed by atoms with Crippen LogP contribution in [0.4, 0.5) is 4.39 Å². The number of nitrogens with zero attached hydrogens (tertiary/aromatic N) is 7. The summed E-state index contributed by atoms with van der Waals surface area (Å²) in [6.45, 7) is 6.95. The maximum atomic E-state index is 14.2. The summed E-state index contributed by atoms with van der Waals surface area (Å²) in [5.74, 6) is 0.980. The van der Waals surface area contributed by atoms with Gasteiger partial charge in [0.05, 0.1) is 29.7 Å². The van der Waals surface area contributed by atoms with Gasteiger partial charge in [-0.05, 0) is 76.2 Å². The highest BCUT2D eigenvalue weighted by molar-refractivity contribution is 6.30. The summed E-state index contributed by atoms with van der Waals surface area (Å²) in [5, 5.41) is 18.4. The monoisotopic (exact) mass is 617 g/mol. The Bertz CT molecular complexity index is 1800. The highest BCUT2D eigenvalue weighted by Gasteiger charge is 2.25. The van der Waals surface area contributed by atoms with Gasteiger partial charge >= 0.3 is 5.97 Å². The molecule has 0 saturated carbocycles. The maximum absolute atomic E-state index is 14.2. The van der Waals surface area contributed by atoms with Gasteiger partial charge in [0, 0.05) is 34.3 Å². The Morgan fingerprint density at radius 2 is 1.89 bits per heavy atom. The van der Waals surface area contributed by atoms with Gasteiger partial charge in [-0.15, -0.1) is 10.2 Å². The fourth-order valence-electron chi connectivity index (χ4n) is 5.67. The van der Waals surface area contributed by atoms with Crippen LogP contribution in [0.25, 0.3) is 11.0 Å². The Morgan fingerprint density at radius 1 is 1.07 bits per heavy atom. The van der Waals surface area contributed by atoms with E-state index >= 15 is 0 Å². The van der Waals surface area contributed by atoms with Crippen molar-refractivity contribution in [2.75, 3.05) is 13.1 Å². The second-order valence-corrected chi connectivity index (χ2v) is 11.8. The normalized spacial score (nSPS) is 14.5. The number of aromatic nitrogens is 6. The van der Waals surface area contributed by atoms with E-state index in [-0.39, 0.29) is 24.1 Å². The summed E-state index contributed by atoms with van der Waals surface area (Å²) in [6.07, 6.45) is 3.54. The zero-order chi connectivity index (χ0) is 30.8. The highest BCUT2D eigenvalue weighted by Crippen LogP contribution is 2.30. The standard InChI is InChI=1S/C32H33ClFN7O3/c1-20(2)41-19-35-38-30(41)17-40-28-14-22(32(42)43)7-9-27(28)36-29(40)16-39-12-10-21(11-13-39)26-4-3-5-31(37-26)44-18-23-6-8-24(33)15-25(23)34/h3-9,14-15,19-21H,10-13,16-18H2,1-2H3,(H,42,43). The molecule has 0 radical (unpaired) electrons. The molecule has 4 heterocycles. The first-order valence-electron chi connectivity index (χ1n) is 14.6. The minimum atomic E-state index is -0.978. The average Bonchev–Trinajstić information content (AvgIpc) is 3.62. The number of halogens is 2. The molecular weight excluding hydrogens is 585 g/mol. The highest BCUT2D eigenvalue weighted by atomic mass is 35.5. The molecule has 1 aliphatic rings. The van der Waals surface area contributed by atoms with Crippen molar-refractivity contribution in [2.24, 2.45) is 0 Å². The molecule has 6 rings (SSSR count). The van der Waals surface area contributed by atoms with E-state index in [1.165, 1.54) is 6.07 Å². The van der Waals surface area contributed by atoms with Crippen molar-refractivity contribution in [3.63, 3.8) is 0 Å². The zero-order valence-corrected chi connectivity index (χ0v) is 25.3. The fraction of sp³-hybridized carbons (Fsp3) is 0.344. The molecule has 5 aromatic rings. The first-order valence-corrected chi connectivity index (χ1v) is 15.0. The van der Waals surface area contributed by atoms with Crippen molar-refractivity contribution in [2.45, 2.75) is 58.3 Å². The lowest BCUT2D eigenvalue weighted by Gasteiger charge is -2.31. The summed E-state index contributed by atoms with van der Waals surface area (Å²) >= 11 is 5.86. The molecule has 1 N–H and O–H groups in total. The minimum absolute atomic E-state index is 0.0698. The molecule has 2 aromatic carbocycles. The zero-order valence-electron chi connectivity index (χ0n) is 24.5. The van der Waals surface area contributed by atoms with Crippen LogP contribution in [-0.2, 0) is 19.7 Å². The fourth-order valence-corrected chi connectivity index (χ4v) is 5.83. The van der Waals surface area contributed by atoms with Crippen molar-refractivity contribution in [1.29, 1.82) is 0 Å². The van der Waals surface area contributed by atoms with E-state index in [0.29, 0.717) is 29.6 Å². The number of aromatic carboxylic acids is 1. The number of carboxylic acid groups (broad SMARTS) is 1. The van der Waals surface area contributed by atoms with Crippen molar-refractivity contribution in [3.8, 4) is 5.88 Å². The molecule has 3 aromatic heterocycles. The number of pyridine rings is 1. The van der Waals surface area contributed by atoms with Gasteiger partial charge in [0.15, 0.2) is 5.82 Å². The number of rotatable bonds is 10. The summed E-state index contributed by atoms with van der Waals surface area (Å²) in [5.41, 5.74) is 3.10. The van der Waals surface area contributed by atoms with Gasteiger partial charge < -0.3 is 19.0 Å². The van der Waals surface area contributed by atoms with Crippen LogP contribution in [0.5, 0.6) is 5.88 Å². The second kappa shape index (κ2) is 12.7. The van der Waals surface area contributed by atoms with Crippen LogP contribution >= 0.6 is 11.6 Å². The number of piperidine rings is 1. The predicted molar refractivity (Wildman–Crippen MR) is 163 cm³/mol. The smallest absolute Gasteiger partial charge is 0.335 e. The van der Waals surface area contributed by atoms with Gasteiger partial charge in [0.1, 0.15) is 24.6 Å². The van der Waals surface area contributed by atoms with Gasteiger partial charge in [-0.25, -0.2) is 19.2 Å². The number of likely N-dealkylation sites (tertiary alicyclic amines) is 1. The number of fused-ring (bicyclic) bond motifs is 1. The Labute approximate surface area is 259 Å². The van der Waals surface area contributed by atoms with Crippen LogP contribution in [0.15, 0.2) is 60.9 Å². The molecule has 0 bridgehead atoms. The van der Waals surface area contributed by atoms with Crippen LogP contribution < -0.4 is 4.74 Å². The molecule has 44 heavy (non-hydrogen) atoms. The van der Waals surface area contributed by atoms with E-state index in [1.54, 1.807) is 42.7 Å². The topological polar surface area (TPSA) is 111 Å². The molecule has 0 unspecified atom stereocenters. The molecule has 1 saturated heterocycles. The number of benzene rings is 2. The maximum Gasteiger partial charge on any atom is 0.335 e. The molecule has 1 aliphatic heterocycles. The van der Waals surface area contributed by atoms with Crippen molar-refractivity contribution < 1.29 is 19.0 Å². The number of hydrogen-bond acceptors (Lipinski definition) is 7. The van der Waals surface area contributed by atoms with Gasteiger partial charge in [0.25, 0.3) is 0 Å². The van der Waals surface area contributed by atoms with E-state index in [9.17, 15) is 14.3 Å². The lowest BCUT2D eigenvalue weighted by molar-refractivity contribution is 0.0697. The molecule has 1 fully saturated rings. The Kier molecular flexibility index (Phi) is 8.58. The molecule has 0 atom stereocenters. The van der Waals surface area contributed by atoms with Gasteiger partial charge in [-0.2, -0.15) is 0 Å². The van der Waals surface area contributed by atoms with Crippen LogP contribution in [0.1, 0.15) is 71.9 Å². The van der Waals surface area contributed by atoms with E-state index in [4.69, 9.17) is 26.3 Å². The molecule has 0 amide bonds. The van der Waals surface area contributed by atoms with Crippen molar-refractivity contribution in [3.05, 3.63) is 100 Å². The Balaban J connectivity index is 1.15. The summed E-state index contributed by atoms with van der Waals surface area (Å²) < 4.78 is 24.1. The van der Waals surface area contributed by atoms with E-state index in [2.05, 4.69) is 33.5 Å². The van der Waals surface area contributed by atoms with E-state index in [1.807, 2.05) is 16.7 Å². The molecule has 228 valence electrons. The second-order valence-electron chi connectivity index (χ2n) is 11.3. The van der Waals surface area contributed by atoms with Crippen LogP contribution in [0, 0.1) is 5.82 Å². The van der Waals surface area contributed by atoms with Crippen molar-refractivity contribution in [1.82, 2.24) is 34.2 Å². The van der Waals surface area contributed by atoms with Gasteiger partial charge in [0.2, 0.25) is 5.88 Å². The molecule has 12 heteroatoms. The quantitative estimate of drug-likeness (QED) is 0.200. The number of carboxylic acids is 1. The number of ether oxygens (including phenoxy) is 1. The first-order chi connectivity index (χ1) is 21.2. The van der Waals surface area contributed by atoms with E-state index in [0.717, 1.165) is 54.3 Å². The predicted octanol–water partition coefficient (Wildman–Crippen LogP) is 6.10. The SMILES string of the molecule is CC(C)n1cnnc1Cn1c(CN2CCC(c3cccc(OCc4ccc(Cl)cc4F)n3)CC2)nc2ccc(C(=O)O)cc21. The van der Waals surface area contributed by atoms with Crippen LogP contribution in [0.2, 0.25) is 5.02 Å².